The summed E-state index contributed by atoms with van der Waals surface area (Å²) >= 11 is 0. The van der Waals surface area contributed by atoms with Gasteiger partial charge in [0, 0.05) is 25.9 Å². The highest BCUT2D eigenvalue weighted by atomic mass is 16.5. The number of para-hydroxylation sites is 1. The Morgan fingerprint density at radius 1 is 1.21 bits per heavy atom. The summed E-state index contributed by atoms with van der Waals surface area (Å²) in [5.41, 5.74) is 2.12. The number of anilines is 1. The third kappa shape index (κ3) is 3.25. The normalized spacial score (nSPS) is 13.9. The maximum absolute atomic E-state index is 12.1. The molecular weight excluding hydrogens is 306 g/mol. The van der Waals surface area contributed by atoms with E-state index in [1.807, 2.05) is 30.9 Å². The van der Waals surface area contributed by atoms with Crippen molar-refractivity contribution in [3.8, 4) is 5.75 Å². The average Bonchev–Trinajstić information content (AvgIpc) is 3.06. The molecule has 0 spiro atoms. The summed E-state index contributed by atoms with van der Waals surface area (Å²) in [6, 6.07) is 6.01. The number of nitrogens with zero attached hydrogens (tertiary/aromatic N) is 5. The van der Waals surface area contributed by atoms with Gasteiger partial charge in [-0.2, -0.15) is 0 Å². The molecule has 7 nitrogen and oxygen atoms in total. The van der Waals surface area contributed by atoms with Crippen molar-refractivity contribution in [2.45, 2.75) is 46.1 Å². The van der Waals surface area contributed by atoms with Crippen molar-refractivity contribution in [2.24, 2.45) is 0 Å². The van der Waals surface area contributed by atoms with Gasteiger partial charge in [0.1, 0.15) is 5.75 Å². The minimum atomic E-state index is 0.170. The minimum Gasteiger partial charge on any atom is -0.491 e. The van der Waals surface area contributed by atoms with E-state index in [0.29, 0.717) is 19.6 Å². The van der Waals surface area contributed by atoms with Crippen LogP contribution in [0.2, 0.25) is 0 Å². The number of hydrogen-bond donors (Lipinski definition) is 0. The smallest absolute Gasteiger partial charge is 0.227 e. The number of carbonyl (C=O) groups is 1. The standard InChI is InChI=1S/C17H23N5O2/c1-3-21-16(23)11-10-13-7-5-8-14(17(13)21)24-12-6-9-15-18-19-20-22(15)4-2/h5,7-8H,3-4,6,9-12H2,1-2H3. The first-order valence-corrected chi connectivity index (χ1v) is 8.54. The summed E-state index contributed by atoms with van der Waals surface area (Å²) in [5.74, 6) is 1.84. The van der Waals surface area contributed by atoms with Crippen LogP contribution < -0.4 is 9.64 Å². The Labute approximate surface area is 141 Å². The van der Waals surface area contributed by atoms with E-state index in [1.54, 1.807) is 4.68 Å². The maximum atomic E-state index is 12.1. The second-order valence-corrected chi connectivity index (χ2v) is 5.76. The van der Waals surface area contributed by atoms with Crippen LogP contribution in [0, 0.1) is 0 Å². The Hall–Kier alpha value is -2.44. The van der Waals surface area contributed by atoms with Crippen LogP contribution in [-0.2, 0) is 24.2 Å². The van der Waals surface area contributed by atoms with Gasteiger partial charge in [-0.3, -0.25) is 4.79 Å². The molecule has 0 N–H and O–H groups in total. The summed E-state index contributed by atoms with van der Waals surface area (Å²) < 4.78 is 7.78. The van der Waals surface area contributed by atoms with Gasteiger partial charge in [-0.1, -0.05) is 12.1 Å². The number of amides is 1. The molecule has 0 saturated heterocycles. The first kappa shape index (κ1) is 16.4. The number of ether oxygens (including phenoxy) is 1. The van der Waals surface area contributed by atoms with E-state index in [4.69, 9.17) is 4.74 Å². The van der Waals surface area contributed by atoms with Crippen LogP contribution in [0.25, 0.3) is 0 Å². The number of carbonyl (C=O) groups excluding carboxylic acids is 1. The molecule has 0 bridgehead atoms. The highest BCUT2D eigenvalue weighted by molar-refractivity contribution is 5.98. The lowest BCUT2D eigenvalue weighted by atomic mass is 10.0. The maximum Gasteiger partial charge on any atom is 0.227 e. The van der Waals surface area contributed by atoms with Crippen molar-refractivity contribution in [3.05, 3.63) is 29.6 Å². The minimum absolute atomic E-state index is 0.170. The van der Waals surface area contributed by atoms with Gasteiger partial charge in [-0.05, 0) is 48.7 Å². The van der Waals surface area contributed by atoms with Gasteiger partial charge in [-0.25, -0.2) is 4.68 Å². The summed E-state index contributed by atoms with van der Waals surface area (Å²) in [6.07, 6.45) is 2.95. The molecule has 0 radical (unpaired) electrons. The lowest BCUT2D eigenvalue weighted by Gasteiger charge is -2.30. The van der Waals surface area contributed by atoms with Crippen LogP contribution in [0.5, 0.6) is 5.75 Å². The lowest BCUT2D eigenvalue weighted by Crippen LogP contribution is -2.35. The monoisotopic (exact) mass is 329 g/mol. The Balaban J connectivity index is 1.65. The number of aromatic nitrogens is 4. The van der Waals surface area contributed by atoms with Crippen LogP contribution >= 0.6 is 0 Å². The molecule has 0 fully saturated rings. The van der Waals surface area contributed by atoms with Crippen LogP contribution in [0.15, 0.2) is 18.2 Å². The van der Waals surface area contributed by atoms with Crippen molar-refractivity contribution >= 4 is 11.6 Å². The molecule has 0 atom stereocenters. The third-order valence-electron chi connectivity index (χ3n) is 4.29. The number of tetrazole rings is 1. The molecule has 2 heterocycles. The van der Waals surface area contributed by atoms with Crippen molar-refractivity contribution in [1.29, 1.82) is 0 Å². The van der Waals surface area contributed by atoms with Gasteiger partial charge < -0.3 is 9.64 Å². The average molecular weight is 329 g/mol. The van der Waals surface area contributed by atoms with Crippen molar-refractivity contribution in [3.63, 3.8) is 0 Å². The fourth-order valence-corrected chi connectivity index (χ4v) is 3.09. The van der Waals surface area contributed by atoms with Gasteiger partial charge in [-0.15, -0.1) is 5.10 Å². The zero-order valence-electron chi connectivity index (χ0n) is 14.2. The second-order valence-electron chi connectivity index (χ2n) is 5.76. The number of benzene rings is 1. The first-order chi connectivity index (χ1) is 11.7. The van der Waals surface area contributed by atoms with E-state index < -0.39 is 0 Å². The van der Waals surface area contributed by atoms with Crippen LogP contribution in [0.1, 0.15) is 38.1 Å². The summed E-state index contributed by atoms with van der Waals surface area (Å²) in [7, 11) is 0. The van der Waals surface area contributed by atoms with Gasteiger partial charge in [0.15, 0.2) is 5.82 Å². The molecule has 1 aliphatic heterocycles. The molecule has 128 valence electrons. The largest absolute Gasteiger partial charge is 0.491 e. The molecule has 1 aromatic heterocycles. The molecule has 1 aromatic carbocycles. The molecule has 0 aliphatic carbocycles. The topological polar surface area (TPSA) is 73.1 Å². The lowest BCUT2D eigenvalue weighted by molar-refractivity contribution is -0.118. The number of aryl methyl sites for hydroxylation is 3. The molecule has 7 heteroatoms. The summed E-state index contributed by atoms with van der Waals surface area (Å²) in [5, 5.41) is 11.7. The van der Waals surface area contributed by atoms with E-state index in [1.165, 1.54) is 5.56 Å². The predicted molar refractivity (Wildman–Crippen MR) is 90.1 cm³/mol. The van der Waals surface area contributed by atoms with Crippen LogP contribution in [-0.4, -0.2) is 39.3 Å². The van der Waals surface area contributed by atoms with Gasteiger partial charge in [0.05, 0.1) is 12.3 Å². The molecule has 1 aliphatic rings. The fraction of sp³-hybridized carbons (Fsp3) is 0.529. The molecule has 2 aromatic rings. The number of fused-ring (bicyclic) bond motifs is 1. The fourth-order valence-electron chi connectivity index (χ4n) is 3.09. The summed E-state index contributed by atoms with van der Waals surface area (Å²) in [4.78, 5) is 14.0. The van der Waals surface area contributed by atoms with Crippen molar-refractivity contribution in [2.75, 3.05) is 18.1 Å². The highest BCUT2D eigenvalue weighted by Crippen LogP contribution is 2.36. The highest BCUT2D eigenvalue weighted by Gasteiger charge is 2.26. The van der Waals surface area contributed by atoms with Crippen LogP contribution in [0.3, 0.4) is 0 Å². The molecule has 3 rings (SSSR count). The molecule has 24 heavy (non-hydrogen) atoms. The number of rotatable bonds is 7. The van der Waals surface area contributed by atoms with E-state index in [9.17, 15) is 4.79 Å². The van der Waals surface area contributed by atoms with Crippen LogP contribution in [0.4, 0.5) is 5.69 Å². The van der Waals surface area contributed by atoms with E-state index in [-0.39, 0.29) is 5.91 Å². The Morgan fingerprint density at radius 3 is 2.88 bits per heavy atom. The zero-order valence-corrected chi connectivity index (χ0v) is 14.2. The van der Waals surface area contributed by atoms with Gasteiger partial charge >= 0.3 is 0 Å². The van der Waals surface area contributed by atoms with Gasteiger partial charge in [0.25, 0.3) is 0 Å². The Bertz CT molecular complexity index is 713. The molecule has 1 amide bonds. The predicted octanol–water partition coefficient (Wildman–Crippen LogP) is 2.00. The molecular formula is C17H23N5O2. The van der Waals surface area contributed by atoms with Crippen molar-refractivity contribution in [1.82, 2.24) is 20.2 Å². The number of hydrogen-bond acceptors (Lipinski definition) is 5. The SMILES string of the molecule is CCN1C(=O)CCc2cccc(OCCCc3nnnn3CC)c21. The quantitative estimate of drug-likeness (QED) is 0.727. The zero-order chi connectivity index (χ0) is 16.9. The van der Waals surface area contributed by atoms with E-state index in [0.717, 1.165) is 43.1 Å². The summed E-state index contributed by atoms with van der Waals surface area (Å²) in [6.45, 7) is 6.01. The van der Waals surface area contributed by atoms with Crippen molar-refractivity contribution < 1.29 is 9.53 Å². The molecule has 0 saturated carbocycles. The van der Waals surface area contributed by atoms with E-state index >= 15 is 0 Å². The third-order valence-corrected chi connectivity index (χ3v) is 4.29. The second kappa shape index (κ2) is 7.42. The van der Waals surface area contributed by atoms with Gasteiger partial charge in [0.2, 0.25) is 5.91 Å². The molecule has 0 unspecified atom stereocenters. The Kier molecular flexibility index (Phi) is 5.08. The first-order valence-electron chi connectivity index (χ1n) is 8.54. The Morgan fingerprint density at radius 2 is 2.08 bits per heavy atom. The van der Waals surface area contributed by atoms with E-state index in [2.05, 4.69) is 21.6 Å².